The highest BCUT2D eigenvalue weighted by atomic mass is 35.5. The summed E-state index contributed by atoms with van der Waals surface area (Å²) >= 11 is 6.34. The lowest BCUT2D eigenvalue weighted by atomic mass is 9.83. The highest BCUT2D eigenvalue weighted by Crippen LogP contribution is 2.40. The van der Waals surface area contributed by atoms with Gasteiger partial charge >= 0.3 is 6.03 Å². The zero-order valence-corrected chi connectivity index (χ0v) is 12.7. The van der Waals surface area contributed by atoms with E-state index in [1.165, 1.54) is 11.1 Å². The van der Waals surface area contributed by atoms with Crippen molar-refractivity contribution in [2.75, 3.05) is 0 Å². The van der Waals surface area contributed by atoms with Crippen LogP contribution >= 0.6 is 11.6 Å². The van der Waals surface area contributed by atoms with Crippen molar-refractivity contribution in [1.29, 1.82) is 0 Å². The fourth-order valence-corrected chi connectivity index (χ4v) is 3.57. The molecule has 3 nitrogen and oxygen atoms in total. The number of carbonyl (C=O) groups is 1. The molecule has 0 aromatic heterocycles. The van der Waals surface area contributed by atoms with Gasteiger partial charge in [0.25, 0.3) is 0 Å². The second kappa shape index (κ2) is 5.18. The van der Waals surface area contributed by atoms with Gasteiger partial charge in [0.05, 0.1) is 11.7 Å². The number of nitrogens with one attached hydrogen (secondary N) is 2. The molecule has 1 aliphatic heterocycles. The normalized spacial score (nSPS) is 19.9. The molecule has 0 unspecified atom stereocenters. The number of halogens is 1. The van der Waals surface area contributed by atoms with Gasteiger partial charge in [0.1, 0.15) is 0 Å². The molecule has 4 rings (SSSR count). The van der Waals surface area contributed by atoms with Crippen LogP contribution in [0, 0.1) is 0 Å². The molecule has 0 saturated carbocycles. The predicted octanol–water partition coefficient (Wildman–Crippen LogP) is 4.05. The molecule has 2 aliphatic rings. The van der Waals surface area contributed by atoms with Crippen molar-refractivity contribution >= 4 is 23.3 Å². The summed E-state index contributed by atoms with van der Waals surface area (Å²) < 4.78 is 0. The fourth-order valence-electron chi connectivity index (χ4n) is 3.33. The van der Waals surface area contributed by atoms with Crippen molar-refractivity contribution in [2.45, 2.75) is 18.9 Å². The van der Waals surface area contributed by atoms with E-state index >= 15 is 0 Å². The first kappa shape index (κ1) is 13.4. The molecule has 2 amide bonds. The molecule has 1 heterocycles. The molecule has 1 aliphatic carbocycles. The van der Waals surface area contributed by atoms with Crippen LogP contribution in [-0.4, -0.2) is 6.03 Å². The third kappa shape index (κ3) is 2.09. The summed E-state index contributed by atoms with van der Waals surface area (Å²) in [6.07, 6.45) is 1.89. The number of rotatable bonds is 1. The Bertz CT molecular complexity index is 797. The smallest absolute Gasteiger partial charge is 0.320 e. The average molecular weight is 311 g/mol. The van der Waals surface area contributed by atoms with E-state index in [-0.39, 0.29) is 12.1 Å². The molecule has 4 heteroatoms. The Morgan fingerprint density at radius 3 is 2.64 bits per heavy atom. The second-order valence-corrected chi connectivity index (χ2v) is 6.02. The van der Waals surface area contributed by atoms with E-state index in [1.54, 1.807) is 0 Å². The van der Waals surface area contributed by atoms with E-state index in [0.717, 1.165) is 29.7 Å². The van der Waals surface area contributed by atoms with Gasteiger partial charge in [-0.05, 0) is 35.6 Å². The minimum absolute atomic E-state index is 0.161. The highest BCUT2D eigenvalue weighted by Gasteiger charge is 2.32. The van der Waals surface area contributed by atoms with Gasteiger partial charge in [-0.1, -0.05) is 54.1 Å². The van der Waals surface area contributed by atoms with Crippen LogP contribution in [0.15, 0.2) is 54.1 Å². The van der Waals surface area contributed by atoms with Crippen molar-refractivity contribution in [3.63, 3.8) is 0 Å². The van der Waals surface area contributed by atoms with Crippen LogP contribution in [0.25, 0.3) is 5.70 Å². The Balaban J connectivity index is 1.88. The van der Waals surface area contributed by atoms with Crippen molar-refractivity contribution in [1.82, 2.24) is 10.6 Å². The maximum Gasteiger partial charge on any atom is 0.320 e. The lowest BCUT2D eigenvalue weighted by Gasteiger charge is -2.34. The van der Waals surface area contributed by atoms with Gasteiger partial charge in [-0.2, -0.15) is 0 Å². The van der Waals surface area contributed by atoms with Crippen molar-refractivity contribution in [2.24, 2.45) is 0 Å². The van der Waals surface area contributed by atoms with E-state index < -0.39 is 0 Å². The fraction of sp³-hybridized carbons (Fsp3) is 0.167. The van der Waals surface area contributed by atoms with Crippen LogP contribution in [0.3, 0.4) is 0 Å². The first-order chi connectivity index (χ1) is 10.7. The number of amides is 2. The van der Waals surface area contributed by atoms with Gasteiger partial charge in [0.2, 0.25) is 0 Å². The molecule has 0 spiro atoms. The quantitative estimate of drug-likeness (QED) is 0.819. The zero-order valence-electron chi connectivity index (χ0n) is 11.9. The maximum atomic E-state index is 12.1. The molecular weight excluding hydrogens is 296 g/mol. The van der Waals surface area contributed by atoms with Crippen LogP contribution in [0.1, 0.15) is 29.2 Å². The summed E-state index contributed by atoms with van der Waals surface area (Å²) in [4.78, 5) is 12.1. The molecule has 110 valence electrons. The number of hydrogen-bond donors (Lipinski definition) is 2. The summed E-state index contributed by atoms with van der Waals surface area (Å²) in [5, 5.41) is 6.67. The van der Waals surface area contributed by atoms with Gasteiger partial charge in [0, 0.05) is 10.6 Å². The third-order valence-corrected chi connectivity index (χ3v) is 4.69. The standard InChI is InChI=1S/C18H15ClN2O/c19-15-8-4-3-7-13(15)17-14-10-9-11-5-1-2-6-12(11)16(14)20-18(22)21-17/h1-8,17H,9-10H2,(H2,20,21,22)/t17-/m0/s1. The van der Waals surface area contributed by atoms with E-state index in [4.69, 9.17) is 11.6 Å². The lowest BCUT2D eigenvalue weighted by molar-refractivity contribution is 0.240. The number of hydrogen-bond acceptors (Lipinski definition) is 1. The second-order valence-electron chi connectivity index (χ2n) is 5.61. The van der Waals surface area contributed by atoms with Crippen LogP contribution in [0.4, 0.5) is 4.79 Å². The van der Waals surface area contributed by atoms with Crippen molar-refractivity contribution in [3.05, 3.63) is 75.8 Å². The SMILES string of the molecule is O=C1NC2=C(CCc3ccccc32)[C@H](c2ccccc2Cl)N1. The van der Waals surface area contributed by atoms with Gasteiger partial charge < -0.3 is 10.6 Å². The monoisotopic (exact) mass is 310 g/mol. The number of carbonyl (C=O) groups excluding carboxylic acids is 1. The maximum absolute atomic E-state index is 12.1. The van der Waals surface area contributed by atoms with Crippen molar-refractivity contribution < 1.29 is 4.79 Å². The molecule has 0 bridgehead atoms. The molecule has 22 heavy (non-hydrogen) atoms. The van der Waals surface area contributed by atoms with Crippen LogP contribution in [0.5, 0.6) is 0 Å². The molecule has 0 saturated heterocycles. The molecule has 2 N–H and O–H groups in total. The molecule has 2 aromatic rings. The Labute approximate surface area is 134 Å². The Kier molecular flexibility index (Phi) is 3.16. The summed E-state index contributed by atoms with van der Waals surface area (Å²) in [7, 11) is 0. The Morgan fingerprint density at radius 2 is 1.77 bits per heavy atom. The summed E-state index contributed by atoms with van der Waals surface area (Å²) in [5.41, 5.74) is 5.49. The largest absolute Gasteiger partial charge is 0.327 e. The number of urea groups is 1. The van der Waals surface area contributed by atoms with Crippen LogP contribution in [-0.2, 0) is 6.42 Å². The minimum Gasteiger partial charge on any atom is -0.327 e. The van der Waals surface area contributed by atoms with E-state index in [0.29, 0.717) is 5.02 Å². The Morgan fingerprint density at radius 1 is 1.00 bits per heavy atom. The van der Waals surface area contributed by atoms with Crippen molar-refractivity contribution in [3.8, 4) is 0 Å². The minimum atomic E-state index is -0.180. The van der Waals surface area contributed by atoms with E-state index in [9.17, 15) is 4.79 Å². The van der Waals surface area contributed by atoms with E-state index in [2.05, 4.69) is 22.8 Å². The first-order valence-electron chi connectivity index (χ1n) is 7.37. The zero-order chi connectivity index (χ0) is 15.1. The number of benzene rings is 2. The van der Waals surface area contributed by atoms with Gasteiger partial charge in [-0.25, -0.2) is 4.79 Å². The van der Waals surface area contributed by atoms with Gasteiger partial charge in [0.15, 0.2) is 0 Å². The average Bonchev–Trinajstić information content (AvgIpc) is 2.54. The molecule has 0 radical (unpaired) electrons. The predicted molar refractivity (Wildman–Crippen MR) is 87.5 cm³/mol. The molecular formula is C18H15ClN2O. The highest BCUT2D eigenvalue weighted by molar-refractivity contribution is 6.31. The first-order valence-corrected chi connectivity index (χ1v) is 7.75. The molecule has 2 aromatic carbocycles. The number of fused-ring (bicyclic) bond motifs is 2. The molecule has 1 atom stereocenters. The summed E-state index contributed by atoms with van der Waals surface area (Å²) in [6.45, 7) is 0. The number of aryl methyl sites for hydroxylation is 1. The third-order valence-electron chi connectivity index (χ3n) is 4.35. The van der Waals surface area contributed by atoms with E-state index in [1.807, 2.05) is 36.4 Å². The summed E-state index contributed by atoms with van der Waals surface area (Å²) in [5.74, 6) is 0. The van der Waals surface area contributed by atoms with Crippen LogP contribution < -0.4 is 10.6 Å². The molecule has 0 fully saturated rings. The lowest BCUT2D eigenvalue weighted by Crippen LogP contribution is -2.44. The summed E-state index contributed by atoms with van der Waals surface area (Å²) in [6, 6.07) is 15.6. The van der Waals surface area contributed by atoms with Gasteiger partial charge in [-0.15, -0.1) is 0 Å². The Hall–Kier alpha value is -2.26. The topological polar surface area (TPSA) is 41.1 Å². The van der Waals surface area contributed by atoms with Gasteiger partial charge in [-0.3, -0.25) is 0 Å². The van der Waals surface area contributed by atoms with Crippen LogP contribution in [0.2, 0.25) is 5.02 Å².